The molecule has 2 unspecified atom stereocenters. The third-order valence-corrected chi connectivity index (χ3v) is 14.2. The molecule has 1 amide bonds. The van der Waals surface area contributed by atoms with E-state index in [1.165, 1.54) is 244 Å². The van der Waals surface area contributed by atoms with Gasteiger partial charge in [0.15, 0.2) is 0 Å². The zero-order chi connectivity index (χ0) is 50.0. The van der Waals surface area contributed by atoms with Crippen LogP contribution in [0.3, 0.4) is 0 Å². The highest BCUT2D eigenvalue weighted by atomic mass is 16.5. The standard InChI is InChI=1S/C63H119NO5/c1-3-5-7-9-11-13-15-17-18-30-33-37-41-45-49-53-57-63(68)69-58-54-50-46-42-38-34-31-28-26-24-22-20-19-21-23-25-27-29-32-36-40-44-48-52-56-62(67)64-60(59-65)61(66)55-51-47-43-39-35-16-14-12-10-8-6-4-2/h13,15,18,21,23,30,60-61,65-66H,3-12,14,16-17,19-20,22,24-29,31-59H2,1-2H3,(H,64,67)/b15-13-,23-21-,30-18-. The van der Waals surface area contributed by atoms with Gasteiger partial charge < -0.3 is 20.3 Å². The van der Waals surface area contributed by atoms with Gasteiger partial charge in [-0.2, -0.15) is 0 Å². The molecule has 69 heavy (non-hydrogen) atoms. The van der Waals surface area contributed by atoms with Crippen LogP contribution in [-0.2, 0) is 14.3 Å². The van der Waals surface area contributed by atoms with E-state index in [4.69, 9.17) is 4.74 Å². The summed E-state index contributed by atoms with van der Waals surface area (Å²) in [6.07, 6.45) is 72.9. The van der Waals surface area contributed by atoms with E-state index in [-0.39, 0.29) is 18.5 Å². The van der Waals surface area contributed by atoms with Gasteiger partial charge in [-0.3, -0.25) is 9.59 Å². The quantitative estimate of drug-likeness (QED) is 0.0321. The molecule has 0 spiro atoms. The van der Waals surface area contributed by atoms with Crippen molar-refractivity contribution in [1.82, 2.24) is 5.32 Å². The summed E-state index contributed by atoms with van der Waals surface area (Å²) in [6, 6.07) is -0.544. The Hall–Kier alpha value is -1.92. The fraction of sp³-hybridized carbons (Fsp3) is 0.873. The average Bonchev–Trinajstić information content (AvgIpc) is 3.35. The lowest BCUT2D eigenvalue weighted by Gasteiger charge is -2.22. The third-order valence-electron chi connectivity index (χ3n) is 14.2. The van der Waals surface area contributed by atoms with Crippen molar-refractivity contribution < 1.29 is 24.5 Å². The van der Waals surface area contributed by atoms with Crippen molar-refractivity contribution in [2.24, 2.45) is 0 Å². The number of allylic oxidation sites excluding steroid dienone is 6. The number of ether oxygens (including phenoxy) is 1. The molecular formula is C63H119NO5. The molecule has 0 aromatic carbocycles. The fourth-order valence-corrected chi connectivity index (χ4v) is 9.43. The Morgan fingerprint density at radius 3 is 1.13 bits per heavy atom. The zero-order valence-electron chi connectivity index (χ0n) is 46.3. The van der Waals surface area contributed by atoms with Gasteiger partial charge in [0.1, 0.15) is 0 Å². The summed E-state index contributed by atoms with van der Waals surface area (Å²) in [5, 5.41) is 23.2. The minimum absolute atomic E-state index is 0.00101. The molecule has 3 N–H and O–H groups in total. The van der Waals surface area contributed by atoms with Crippen LogP contribution in [0.25, 0.3) is 0 Å². The first-order valence-corrected chi connectivity index (χ1v) is 30.7. The number of amides is 1. The summed E-state index contributed by atoms with van der Waals surface area (Å²) in [7, 11) is 0. The van der Waals surface area contributed by atoms with E-state index >= 15 is 0 Å². The first kappa shape index (κ1) is 67.1. The number of nitrogens with one attached hydrogen (secondary N) is 1. The molecular weight excluding hydrogens is 851 g/mol. The normalized spacial score (nSPS) is 12.8. The lowest BCUT2D eigenvalue weighted by molar-refractivity contribution is -0.143. The van der Waals surface area contributed by atoms with Gasteiger partial charge in [-0.05, 0) is 83.5 Å². The number of aliphatic hydroxyl groups is 2. The molecule has 6 nitrogen and oxygen atoms in total. The van der Waals surface area contributed by atoms with Gasteiger partial charge in [-0.25, -0.2) is 0 Å². The maximum absolute atomic E-state index is 12.5. The monoisotopic (exact) mass is 970 g/mol. The number of hydrogen-bond acceptors (Lipinski definition) is 5. The highest BCUT2D eigenvalue weighted by Gasteiger charge is 2.20. The van der Waals surface area contributed by atoms with Gasteiger partial charge in [0, 0.05) is 12.8 Å². The number of carbonyl (C=O) groups is 2. The van der Waals surface area contributed by atoms with Crippen LogP contribution >= 0.6 is 0 Å². The van der Waals surface area contributed by atoms with Crippen LogP contribution in [0.5, 0.6) is 0 Å². The summed E-state index contributed by atoms with van der Waals surface area (Å²) in [5.74, 6) is -0.0407. The second-order valence-corrected chi connectivity index (χ2v) is 21.0. The van der Waals surface area contributed by atoms with Gasteiger partial charge >= 0.3 is 5.97 Å². The Labute approximate surface area is 430 Å². The molecule has 2 atom stereocenters. The van der Waals surface area contributed by atoms with E-state index in [9.17, 15) is 19.8 Å². The van der Waals surface area contributed by atoms with E-state index in [1.54, 1.807) is 0 Å². The first-order chi connectivity index (χ1) is 34.0. The third kappa shape index (κ3) is 55.2. The Morgan fingerprint density at radius 1 is 0.406 bits per heavy atom. The summed E-state index contributed by atoms with van der Waals surface area (Å²) in [5.41, 5.74) is 0. The first-order valence-electron chi connectivity index (χ1n) is 30.7. The van der Waals surface area contributed by atoms with E-state index in [1.807, 2.05) is 0 Å². The second kappa shape index (κ2) is 58.6. The van der Waals surface area contributed by atoms with Gasteiger partial charge in [0.05, 0.1) is 25.4 Å². The molecule has 406 valence electrons. The lowest BCUT2D eigenvalue weighted by Crippen LogP contribution is -2.45. The maximum atomic E-state index is 12.5. The van der Waals surface area contributed by atoms with Crippen LogP contribution in [0, 0.1) is 0 Å². The Kier molecular flexibility index (Phi) is 57.0. The lowest BCUT2D eigenvalue weighted by atomic mass is 10.0. The molecule has 6 heteroatoms. The number of rotatable bonds is 57. The van der Waals surface area contributed by atoms with Gasteiger partial charge in [0.25, 0.3) is 0 Å². The molecule has 0 rings (SSSR count). The smallest absolute Gasteiger partial charge is 0.305 e. The molecule has 0 radical (unpaired) electrons. The summed E-state index contributed by atoms with van der Waals surface area (Å²) in [4.78, 5) is 24.5. The van der Waals surface area contributed by atoms with Crippen LogP contribution in [-0.4, -0.2) is 47.4 Å². The number of unbranched alkanes of at least 4 members (excludes halogenated alkanes) is 40. The van der Waals surface area contributed by atoms with Crippen molar-refractivity contribution in [2.75, 3.05) is 13.2 Å². The molecule has 0 saturated carbocycles. The summed E-state index contributed by atoms with van der Waals surface area (Å²) in [6.45, 7) is 4.93. The molecule has 0 aliphatic rings. The molecule has 0 aliphatic carbocycles. The fourth-order valence-electron chi connectivity index (χ4n) is 9.43. The molecule has 0 heterocycles. The van der Waals surface area contributed by atoms with E-state index < -0.39 is 12.1 Å². The van der Waals surface area contributed by atoms with E-state index in [0.717, 1.165) is 51.4 Å². The second-order valence-electron chi connectivity index (χ2n) is 21.0. The molecule has 0 aromatic heterocycles. The molecule has 0 aliphatic heterocycles. The van der Waals surface area contributed by atoms with Crippen molar-refractivity contribution in [3.8, 4) is 0 Å². The predicted octanol–water partition coefficient (Wildman–Crippen LogP) is 19.2. The molecule has 0 bridgehead atoms. The highest BCUT2D eigenvalue weighted by molar-refractivity contribution is 5.76. The minimum Gasteiger partial charge on any atom is -0.466 e. The van der Waals surface area contributed by atoms with Gasteiger partial charge in [-0.1, -0.05) is 269 Å². The van der Waals surface area contributed by atoms with Crippen LogP contribution in [0.15, 0.2) is 36.5 Å². The van der Waals surface area contributed by atoms with Crippen molar-refractivity contribution >= 4 is 11.9 Å². The minimum atomic E-state index is -0.666. The van der Waals surface area contributed by atoms with E-state index in [0.29, 0.717) is 25.9 Å². The zero-order valence-corrected chi connectivity index (χ0v) is 46.3. The Balaban J connectivity index is 3.39. The summed E-state index contributed by atoms with van der Waals surface area (Å²) >= 11 is 0. The van der Waals surface area contributed by atoms with E-state index in [2.05, 4.69) is 55.6 Å². The highest BCUT2D eigenvalue weighted by Crippen LogP contribution is 2.17. The predicted molar refractivity (Wildman–Crippen MR) is 301 cm³/mol. The number of esters is 1. The van der Waals surface area contributed by atoms with Crippen molar-refractivity contribution in [2.45, 2.75) is 341 Å². The molecule has 0 aromatic rings. The van der Waals surface area contributed by atoms with Crippen LogP contribution in [0.1, 0.15) is 328 Å². The summed E-state index contributed by atoms with van der Waals surface area (Å²) < 4.78 is 5.48. The molecule has 0 fully saturated rings. The van der Waals surface area contributed by atoms with Crippen molar-refractivity contribution in [1.29, 1.82) is 0 Å². The van der Waals surface area contributed by atoms with Crippen LogP contribution < -0.4 is 5.32 Å². The maximum Gasteiger partial charge on any atom is 0.305 e. The average molecular weight is 971 g/mol. The number of carbonyl (C=O) groups excluding carboxylic acids is 2. The molecule has 0 saturated heterocycles. The SMILES string of the molecule is CCCCCC/C=C\C/C=C\CCCCCCCC(=O)OCCCCCCCCCCCCCC/C=C\CCCCCCCCCCC(=O)NC(CO)C(O)CCCCCCCCCCCCCC. The van der Waals surface area contributed by atoms with Gasteiger partial charge in [0.2, 0.25) is 5.91 Å². The largest absolute Gasteiger partial charge is 0.466 e. The van der Waals surface area contributed by atoms with Crippen molar-refractivity contribution in [3.05, 3.63) is 36.5 Å². The van der Waals surface area contributed by atoms with Crippen LogP contribution in [0.2, 0.25) is 0 Å². The van der Waals surface area contributed by atoms with Crippen LogP contribution in [0.4, 0.5) is 0 Å². The number of hydrogen-bond donors (Lipinski definition) is 3. The van der Waals surface area contributed by atoms with Gasteiger partial charge in [-0.15, -0.1) is 0 Å². The number of aliphatic hydroxyl groups excluding tert-OH is 2. The topological polar surface area (TPSA) is 95.9 Å². The van der Waals surface area contributed by atoms with Crippen molar-refractivity contribution in [3.63, 3.8) is 0 Å². The Morgan fingerprint density at radius 2 is 0.725 bits per heavy atom. The Bertz CT molecular complexity index is 1120.